The Kier molecular flexibility index (Phi) is 4.23. The van der Waals surface area contributed by atoms with E-state index in [-0.39, 0.29) is 0 Å². The minimum Gasteiger partial charge on any atom is -0.337 e. The molecule has 0 saturated carbocycles. The van der Waals surface area contributed by atoms with E-state index in [0.29, 0.717) is 5.82 Å². The molecular weight excluding hydrogens is 366 g/mol. The van der Waals surface area contributed by atoms with Gasteiger partial charge in [-0.25, -0.2) is 9.97 Å². The van der Waals surface area contributed by atoms with Crippen LogP contribution in [0.5, 0.6) is 0 Å². The Morgan fingerprint density at radius 1 is 0.786 bits per heavy atom. The molecule has 28 heavy (non-hydrogen) atoms. The average Bonchev–Trinajstić information content (AvgIpc) is 3.21. The second-order valence-corrected chi connectivity index (χ2v) is 7.18. The first-order valence-electron chi connectivity index (χ1n) is 8.82. The van der Waals surface area contributed by atoms with Gasteiger partial charge >= 0.3 is 0 Å². The maximum atomic E-state index is 4.84. The van der Waals surface area contributed by atoms with E-state index in [1.54, 1.807) is 36.1 Å². The van der Waals surface area contributed by atoms with Crippen LogP contribution < -0.4 is 5.32 Å². The van der Waals surface area contributed by atoms with Crippen molar-refractivity contribution in [2.24, 2.45) is 0 Å². The molecule has 0 aliphatic rings. The minimum absolute atomic E-state index is 0.709. The molecule has 4 heterocycles. The van der Waals surface area contributed by atoms with Crippen LogP contribution in [0.1, 0.15) is 0 Å². The smallest absolute Gasteiger partial charge is 0.157 e. The molecule has 1 aromatic carbocycles. The van der Waals surface area contributed by atoms with E-state index in [1.165, 1.54) is 0 Å². The van der Waals surface area contributed by atoms with E-state index in [1.807, 2.05) is 48.5 Å². The number of hydrogen-bond donors (Lipinski definition) is 1. The fraction of sp³-hybridized carbons (Fsp3) is 0. The fourth-order valence-electron chi connectivity index (χ4n) is 3.02. The zero-order chi connectivity index (χ0) is 18.8. The fourth-order valence-corrected chi connectivity index (χ4v) is 3.99. The number of nitrogens with zero attached hydrogens (tertiary/aromatic N) is 4. The topological polar surface area (TPSA) is 63.6 Å². The molecular formula is C22H15N5S. The standard InChI is InChI=1S/C22H15N5S/c1-2-6-15(7-3-1)22-27-20-19(28-22)10-13-25-21(20)26-18-14-23-12-9-16(18)17-8-4-5-11-24-17/h1-14H,(H,25,26). The molecule has 0 atom stereocenters. The maximum absolute atomic E-state index is 4.84. The lowest BCUT2D eigenvalue weighted by Crippen LogP contribution is -1.98. The van der Waals surface area contributed by atoms with Gasteiger partial charge < -0.3 is 5.32 Å². The van der Waals surface area contributed by atoms with Gasteiger partial charge in [0.2, 0.25) is 0 Å². The molecule has 0 saturated heterocycles. The van der Waals surface area contributed by atoms with E-state index in [4.69, 9.17) is 4.98 Å². The van der Waals surface area contributed by atoms with Crippen LogP contribution >= 0.6 is 11.3 Å². The monoisotopic (exact) mass is 381 g/mol. The van der Waals surface area contributed by atoms with Crippen molar-refractivity contribution in [3.8, 4) is 21.8 Å². The Balaban J connectivity index is 1.58. The van der Waals surface area contributed by atoms with Crippen molar-refractivity contribution in [2.75, 3.05) is 5.32 Å². The van der Waals surface area contributed by atoms with Crippen LogP contribution in [-0.4, -0.2) is 19.9 Å². The summed E-state index contributed by atoms with van der Waals surface area (Å²) in [4.78, 5) is 18.1. The van der Waals surface area contributed by atoms with Gasteiger partial charge in [-0.15, -0.1) is 11.3 Å². The van der Waals surface area contributed by atoms with Gasteiger partial charge in [-0.2, -0.15) is 0 Å². The highest BCUT2D eigenvalue weighted by Gasteiger charge is 2.13. The zero-order valence-electron chi connectivity index (χ0n) is 14.8. The van der Waals surface area contributed by atoms with Gasteiger partial charge in [0.1, 0.15) is 10.5 Å². The number of nitrogens with one attached hydrogen (secondary N) is 1. The Bertz CT molecular complexity index is 1240. The second-order valence-electron chi connectivity index (χ2n) is 6.15. The Morgan fingerprint density at radius 3 is 2.54 bits per heavy atom. The van der Waals surface area contributed by atoms with Crippen molar-refractivity contribution >= 4 is 33.1 Å². The summed E-state index contributed by atoms with van der Waals surface area (Å²) in [7, 11) is 0. The average molecular weight is 381 g/mol. The largest absolute Gasteiger partial charge is 0.337 e. The molecule has 6 heteroatoms. The number of hydrogen-bond acceptors (Lipinski definition) is 6. The molecule has 0 amide bonds. The van der Waals surface area contributed by atoms with Crippen molar-refractivity contribution in [3.05, 3.63) is 85.5 Å². The lowest BCUT2D eigenvalue weighted by molar-refractivity contribution is 1.26. The number of fused-ring (bicyclic) bond motifs is 1. The summed E-state index contributed by atoms with van der Waals surface area (Å²) in [5.41, 5.74) is 4.64. The van der Waals surface area contributed by atoms with Crippen molar-refractivity contribution < 1.29 is 0 Å². The molecule has 0 unspecified atom stereocenters. The van der Waals surface area contributed by atoms with Crippen LogP contribution in [0.3, 0.4) is 0 Å². The number of rotatable bonds is 4. The third-order valence-corrected chi connectivity index (χ3v) is 5.41. The van der Waals surface area contributed by atoms with Crippen LogP contribution in [0.4, 0.5) is 11.5 Å². The molecule has 5 aromatic rings. The quantitative estimate of drug-likeness (QED) is 0.442. The summed E-state index contributed by atoms with van der Waals surface area (Å²) in [6.45, 7) is 0. The highest BCUT2D eigenvalue weighted by molar-refractivity contribution is 7.21. The van der Waals surface area contributed by atoms with Crippen molar-refractivity contribution in [1.29, 1.82) is 0 Å². The summed E-state index contributed by atoms with van der Waals surface area (Å²) in [5.74, 6) is 0.709. The molecule has 4 aromatic heterocycles. The molecule has 0 spiro atoms. The highest BCUT2D eigenvalue weighted by Crippen LogP contribution is 2.35. The molecule has 0 fully saturated rings. The predicted octanol–water partition coefficient (Wildman–Crippen LogP) is 5.56. The second kappa shape index (κ2) is 7.17. The lowest BCUT2D eigenvalue weighted by Gasteiger charge is -2.10. The van der Waals surface area contributed by atoms with E-state index in [0.717, 1.165) is 37.7 Å². The summed E-state index contributed by atoms with van der Waals surface area (Å²) in [6, 6.07) is 20.0. The summed E-state index contributed by atoms with van der Waals surface area (Å²) in [5, 5.41) is 4.38. The van der Waals surface area contributed by atoms with Crippen LogP contribution in [0.15, 0.2) is 85.5 Å². The van der Waals surface area contributed by atoms with Gasteiger partial charge in [-0.05, 0) is 24.3 Å². The molecule has 0 radical (unpaired) electrons. The first kappa shape index (κ1) is 16.5. The van der Waals surface area contributed by atoms with E-state index >= 15 is 0 Å². The van der Waals surface area contributed by atoms with Crippen LogP contribution in [0.2, 0.25) is 0 Å². The predicted molar refractivity (Wildman–Crippen MR) is 114 cm³/mol. The van der Waals surface area contributed by atoms with Gasteiger partial charge in [0.05, 0.1) is 22.3 Å². The zero-order valence-corrected chi connectivity index (χ0v) is 15.6. The number of anilines is 2. The Morgan fingerprint density at radius 2 is 1.68 bits per heavy atom. The third kappa shape index (κ3) is 3.10. The summed E-state index contributed by atoms with van der Waals surface area (Å²) < 4.78 is 1.08. The van der Waals surface area contributed by atoms with Crippen LogP contribution in [-0.2, 0) is 0 Å². The van der Waals surface area contributed by atoms with Gasteiger partial charge in [-0.1, -0.05) is 36.4 Å². The number of benzene rings is 1. The van der Waals surface area contributed by atoms with E-state index in [9.17, 15) is 0 Å². The lowest BCUT2D eigenvalue weighted by atomic mass is 10.1. The molecule has 0 bridgehead atoms. The molecule has 134 valence electrons. The molecule has 5 nitrogen and oxygen atoms in total. The Hall–Kier alpha value is -3.64. The van der Waals surface area contributed by atoms with E-state index < -0.39 is 0 Å². The first-order chi connectivity index (χ1) is 13.9. The SMILES string of the molecule is c1ccc(-c2nc3c(Nc4cnccc4-c4ccccn4)nccc3s2)cc1. The van der Waals surface area contributed by atoms with Crippen molar-refractivity contribution in [3.63, 3.8) is 0 Å². The molecule has 5 rings (SSSR count). The third-order valence-electron chi connectivity index (χ3n) is 4.34. The molecule has 0 aliphatic heterocycles. The Labute approximate surface area is 165 Å². The number of aromatic nitrogens is 4. The van der Waals surface area contributed by atoms with Crippen LogP contribution in [0, 0.1) is 0 Å². The summed E-state index contributed by atoms with van der Waals surface area (Å²) in [6.07, 6.45) is 7.13. The number of thiazole rings is 1. The van der Waals surface area contributed by atoms with Crippen molar-refractivity contribution in [1.82, 2.24) is 19.9 Å². The first-order valence-corrected chi connectivity index (χ1v) is 9.63. The van der Waals surface area contributed by atoms with Crippen LogP contribution in [0.25, 0.3) is 32.0 Å². The van der Waals surface area contributed by atoms with Gasteiger partial charge in [0.15, 0.2) is 5.82 Å². The summed E-state index contributed by atoms with van der Waals surface area (Å²) >= 11 is 1.66. The number of pyridine rings is 3. The highest BCUT2D eigenvalue weighted by atomic mass is 32.1. The van der Waals surface area contributed by atoms with Crippen molar-refractivity contribution in [2.45, 2.75) is 0 Å². The van der Waals surface area contributed by atoms with Gasteiger partial charge in [-0.3, -0.25) is 9.97 Å². The van der Waals surface area contributed by atoms with E-state index in [2.05, 4.69) is 32.4 Å². The molecule has 1 N–H and O–H groups in total. The maximum Gasteiger partial charge on any atom is 0.157 e. The minimum atomic E-state index is 0.709. The van der Waals surface area contributed by atoms with Gasteiger partial charge in [0, 0.05) is 29.7 Å². The van der Waals surface area contributed by atoms with Gasteiger partial charge in [0.25, 0.3) is 0 Å². The normalized spacial score (nSPS) is 10.9. The molecule has 0 aliphatic carbocycles.